The third kappa shape index (κ3) is 2.94. The lowest BCUT2D eigenvalue weighted by atomic mass is 9.71. The zero-order valence-electron chi connectivity index (χ0n) is 12.5. The van der Waals surface area contributed by atoms with Crippen molar-refractivity contribution in [2.24, 2.45) is 11.7 Å². The number of ether oxygens (including phenoxy) is 1. The fourth-order valence-corrected chi connectivity index (χ4v) is 3.54. The van der Waals surface area contributed by atoms with Gasteiger partial charge in [-0.25, -0.2) is 0 Å². The van der Waals surface area contributed by atoms with E-state index < -0.39 is 0 Å². The number of hydrogen-bond acceptors (Lipinski definition) is 2. The number of hydrogen-bond donors (Lipinski definition) is 1. The molecule has 0 aromatic heterocycles. The van der Waals surface area contributed by atoms with Gasteiger partial charge < -0.3 is 10.5 Å². The van der Waals surface area contributed by atoms with Gasteiger partial charge in [-0.3, -0.25) is 0 Å². The molecule has 1 aliphatic carbocycles. The Morgan fingerprint density at radius 2 is 1.74 bits per heavy atom. The Bertz CT molecular complexity index is 390. The van der Waals surface area contributed by atoms with Crippen molar-refractivity contribution in [3.63, 3.8) is 0 Å². The first kappa shape index (κ1) is 14.4. The molecule has 1 aromatic carbocycles. The molecule has 1 saturated carbocycles. The topological polar surface area (TPSA) is 35.2 Å². The molecule has 1 atom stereocenters. The number of benzene rings is 1. The lowest BCUT2D eigenvalue weighted by Crippen LogP contribution is -2.44. The Hall–Kier alpha value is -1.02. The molecule has 106 valence electrons. The molecule has 0 amide bonds. The third-order valence-electron chi connectivity index (χ3n) is 4.60. The lowest BCUT2D eigenvalue weighted by molar-refractivity contribution is 0.307. The maximum Gasteiger partial charge on any atom is 0.118 e. The van der Waals surface area contributed by atoms with E-state index in [0.717, 1.165) is 12.2 Å². The van der Waals surface area contributed by atoms with Crippen molar-refractivity contribution >= 4 is 0 Å². The van der Waals surface area contributed by atoms with Gasteiger partial charge in [-0.05, 0) is 42.9 Å². The average Bonchev–Trinajstić information content (AvgIpc) is 2.89. The largest absolute Gasteiger partial charge is 0.497 e. The number of nitrogens with two attached hydrogens (primary N) is 1. The molecule has 1 fully saturated rings. The van der Waals surface area contributed by atoms with Crippen LogP contribution in [-0.4, -0.2) is 13.2 Å². The van der Waals surface area contributed by atoms with Crippen LogP contribution in [0.1, 0.15) is 51.5 Å². The summed E-state index contributed by atoms with van der Waals surface area (Å²) in [6.45, 7) is 4.52. The zero-order chi connectivity index (χ0) is 13.9. The summed E-state index contributed by atoms with van der Waals surface area (Å²) in [7, 11) is 1.71. The van der Waals surface area contributed by atoms with Gasteiger partial charge >= 0.3 is 0 Å². The van der Waals surface area contributed by atoms with Crippen molar-refractivity contribution in [2.45, 2.75) is 57.4 Å². The van der Waals surface area contributed by atoms with Crippen LogP contribution >= 0.6 is 0 Å². The van der Waals surface area contributed by atoms with E-state index in [2.05, 4.69) is 38.1 Å². The molecule has 2 nitrogen and oxygen atoms in total. The first-order valence-corrected chi connectivity index (χ1v) is 7.48. The smallest absolute Gasteiger partial charge is 0.118 e. The molecule has 0 spiro atoms. The van der Waals surface area contributed by atoms with Gasteiger partial charge in [-0.2, -0.15) is 0 Å². The molecular weight excluding hydrogens is 234 g/mol. The Morgan fingerprint density at radius 1 is 1.16 bits per heavy atom. The second-order valence-electron chi connectivity index (χ2n) is 6.33. The van der Waals surface area contributed by atoms with Crippen LogP contribution in [0.25, 0.3) is 0 Å². The lowest BCUT2D eigenvalue weighted by Gasteiger charge is -2.37. The summed E-state index contributed by atoms with van der Waals surface area (Å²) in [6.07, 6.45) is 6.17. The van der Waals surface area contributed by atoms with Crippen molar-refractivity contribution in [1.82, 2.24) is 0 Å². The van der Waals surface area contributed by atoms with E-state index in [-0.39, 0.29) is 11.5 Å². The average molecular weight is 261 g/mol. The van der Waals surface area contributed by atoms with Crippen LogP contribution in [0.3, 0.4) is 0 Å². The van der Waals surface area contributed by atoms with Gasteiger partial charge in [0.25, 0.3) is 0 Å². The summed E-state index contributed by atoms with van der Waals surface area (Å²) in [5, 5.41) is 0. The van der Waals surface area contributed by atoms with E-state index in [1.807, 2.05) is 0 Å². The Kier molecular flexibility index (Phi) is 4.51. The van der Waals surface area contributed by atoms with Crippen LogP contribution in [-0.2, 0) is 5.41 Å². The third-order valence-corrected chi connectivity index (χ3v) is 4.60. The molecule has 1 aliphatic rings. The zero-order valence-corrected chi connectivity index (χ0v) is 12.5. The molecule has 1 unspecified atom stereocenters. The standard InChI is InChI=1S/C17H27NO/c1-13(2)12-16(18)17(10-4-5-11-17)14-6-8-15(19-3)9-7-14/h6-9,13,16H,4-5,10-12,18H2,1-3H3. The second kappa shape index (κ2) is 5.96. The molecule has 0 aliphatic heterocycles. The highest BCUT2D eigenvalue weighted by Crippen LogP contribution is 2.44. The van der Waals surface area contributed by atoms with Crippen molar-refractivity contribution < 1.29 is 4.74 Å². The molecule has 2 N–H and O–H groups in total. The van der Waals surface area contributed by atoms with Crippen LogP contribution in [0.15, 0.2) is 24.3 Å². The van der Waals surface area contributed by atoms with E-state index in [4.69, 9.17) is 10.5 Å². The van der Waals surface area contributed by atoms with Gasteiger partial charge in [-0.1, -0.05) is 38.8 Å². The van der Waals surface area contributed by atoms with Gasteiger partial charge in [0, 0.05) is 11.5 Å². The minimum Gasteiger partial charge on any atom is -0.497 e. The normalized spacial score (nSPS) is 19.6. The highest BCUT2D eigenvalue weighted by atomic mass is 16.5. The molecule has 1 aromatic rings. The molecule has 19 heavy (non-hydrogen) atoms. The van der Waals surface area contributed by atoms with Crippen molar-refractivity contribution in [3.8, 4) is 5.75 Å². The minimum atomic E-state index is 0.191. The number of rotatable bonds is 5. The van der Waals surface area contributed by atoms with Gasteiger partial charge in [0.2, 0.25) is 0 Å². The summed E-state index contributed by atoms with van der Waals surface area (Å²) in [5.41, 5.74) is 8.18. The molecular formula is C17H27NO. The first-order valence-electron chi connectivity index (χ1n) is 7.48. The Labute approximate surface area is 117 Å². The summed E-state index contributed by atoms with van der Waals surface area (Å²) in [4.78, 5) is 0. The van der Waals surface area contributed by atoms with Crippen LogP contribution in [0.4, 0.5) is 0 Å². The Balaban J connectivity index is 2.27. The SMILES string of the molecule is COc1ccc(C2(C(N)CC(C)C)CCCC2)cc1. The quantitative estimate of drug-likeness (QED) is 0.873. The maximum atomic E-state index is 6.59. The van der Waals surface area contributed by atoms with Crippen LogP contribution in [0.2, 0.25) is 0 Å². The molecule has 0 radical (unpaired) electrons. The summed E-state index contributed by atoms with van der Waals surface area (Å²) < 4.78 is 5.26. The minimum absolute atomic E-state index is 0.191. The predicted octanol–water partition coefficient (Wildman–Crippen LogP) is 3.88. The first-order chi connectivity index (χ1) is 9.08. The Morgan fingerprint density at radius 3 is 2.21 bits per heavy atom. The monoisotopic (exact) mass is 261 g/mol. The van der Waals surface area contributed by atoms with Crippen molar-refractivity contribution in [1.29, 1.82) is 0 Å². The number of methoxy groups -OCH3 is 1. The summed E-state index contributed by atoms with van der Waals surface area (Å²) in [6, 6.07) is 8.83. The van der Waals surface area contributed by atoms with Gasteiger partial charge in [-0.15, -0.1) is 0 Å². The van der Waals surface area contributed by atoms with Crippen LogP contribution in [0.5, 0.6) is 5.75 Å². The van der Waals surface area contributed by atoms with E-state index in [1.165, 1.54) is 31.2 Å². The van der Waals surface area contributed by atoms with Gasteiger partial charge in [0.1, 0.15) is 5.75 Å². The molecule has 2 rings (SSSR count). The van der Waals surface area contributed by atoms with E-state index in [1.54, 1.807) is 7.11 Å². The fraction of sp³-hybridized carbons (Fsp3) is 0.647. The van der Waals surface area contributed by atoms with Crippen LogP contribution in [0, 0.1) is 5.92 Å². The van der Waals surface area contributed by atoms with E-state index >= 15 is 0 Å². The van der Waals surface area contributed by atoms with Crippen LogP contribution < -0.4 is 10.5 Å². The summed E-state index contributed by atoms with van der Waals surface area (Å²) in [5.74, 6) is 1.58. The van der Waals surface area contributed by atoms with Gasteiger partial charge in [0.05, 0.1) is 7.11 Å². The van der Waals surface area contributed by atoms with E-state index in [9.17, 15) is 0 Å². The molecule has 2 heteroatoms. The van der Waals surface area contributed by atoms with Crippen molar-refractivity contribution in [3.05, 3.63) is 29.8 Å². The molecule has 0 heterocycles. The maximum absolute atomic E-state index is 6.59. The predicted molar refractivity (Wildman–Crippen MR) is 80.6 cm³/mol. The second-order valence-corrected chi connectivity index (χ2v) is 6.33. The van der Waals surface area contributed by atoms with Gasteiger partial charge in [0.15, 0.2) is 0 Å². The molecule has 0 bridgehead atoms. The fourth-order valence-electron chi connectivity index (χ4n) is 3.54. The molecule has 0 saturated heterocycles. The highest BCUT2D eigenvalue weighted by Gasteiger charge is 2.40. The van der Waals surface area contributed by atoms with E-state index in [0.29, 0.717) is 5.92 Å². The highest BCUT2D eigenvalue weighted by molar-refractivity contribution is 5.34. The summed E-state index contributed by atoms with van der Waals surface area (Å²) >= 11 is 0. The van der Waals surface area contributed by atoms with Crippen molar-refractivity contribution in [2.75, 3.05) is 7.11 Å².